The van der Waals surface area contributed by atoms with Gasteiger partial charge in [-0.2, -0.15) is 0 Å². The van der Waals surface area contributed by atoms with Crippen molar-refractivity contribution in [2.45, 2.75) is 6.92 Å². The molecule has 1 aromatic rings. The van der Waals surface area contributed by atoms with Gasteiger partial charge in [0.2, 0.25) is 0 Å². The van der Waals surface area contributed by atoms with Crippen molar-refractivity contribution in [1.82, 2.24) is 5.32 Å². The summed E-state index contributed by atoms with van der Waals surface area (Å²) in [5.74, 6) is -1.84. The van der Waals surface area contributed by atoms with Crippen LogP contribution in [0.4, 0.5) is 0 Å². The summed E-state index contributed by atoms with van der Waals surface area (Å²) in [5, 5.41) is 2.26. The summed E-state index contributed by atoms with van der Waals surface area (Å²) in [6, 6.07) is 5.99. The molecule has 0 heterocycles. The number of carbonyl (C=O) groups is 2. The fourth-order valence-electron chi connectivity index (χ4n) is 1.28. The zero-order valence-electron chi connectivity index (χ0n) is 11.1. The number of hydrogen-bond acceptors (Lipinski definition) is 6. The predicted octanol–water partition coefficient (Wildman–Crippen LogP) is -3.11. The zero-order valence-corrected chi connectivity index (χ0v) is 15.0. The minimum atomic E-state index is -4.38. The third-order valence-electron chi connectivity index (χ3n) is 2.02. The molecule has 0 aliphatic rings. The smallest absolute Gasteiger partial charge is 0.748 e. The van der Waals surface area contributed by atoms with E-state index >= 15 is 0 Å². The molecule has 20 heavy (non-hydrogen) atoms. The molecule has 0 bridgehead atoms. The van der Waals surface area contributed by atoms with Gasteiger partial charge in [-0.1, -0.05) is 12.1 Å². The van der Waals surface area contributed by atoms with Gasteiger partial charge in [-0.05, 0) is 12.1 Å². The van der Waals surface area contributed by atoms with Crippen LogP contribution in [0.2, 0.25) is 0 Å². The summed E-state index contributed by atoms with van der Waals surface area (Å²) in [5.41, 5.74) is 0.0843. The van der Waals surface area contributed by atoms with E-state index in [0.29, 0.717) is 0 Å². The minimum Gasteiger partial charge on any atom is -0.748 e. The van der Waals surface area contributed by atoms with E-state index in [2.05, 4.69) is 5.32 Å². The van der Waals surface area contributed by atoms with Crippen molar-refractivity contribution in [2.24, 2.45) is 0 Å². The molecule has 0 aliphatic heterocycles. The van der Waals surface area contributed by atoms with Crippen LogP contribution in [0.25, 0.3) is 0 Å². The summed E-state index contributed by atoms with van der Waals surface area (Å²) in [6.07, 6.45) is 0. The van der Waals surface area contributed by atoms with E-state index in [1.165, 1.54) is 19.1 Å². The molecule has 1 N–H and O–H groups in total. The van der Waals surface area contributed by atoms with E-state index in [-0.39, 0.29) is 69.2 Å². The first-order chi connectivity index (χ1) is 8.79. The van der Waals surface area contributed by atoms with Gasteiger partial charge in [0, 0.05) is 13.5 Å². The quantitative estimate of drug-likeness (QED) is 0.265. The van der Waals surface area contributed by atoms with Crippen LogP contribution in [-0.4, -0.2) is 37.1 Å². The molecule has 0 aromatic heterocycles. The van der Waals surface area contributed by atoms with Crippen molar-refractivity contribution >= 4 is 22.0 Å². The first-order valence-corrected chi connectivity index (χ1v) is 6.86. The molecule has 0 radical (unpaired) electrons. The van der Waals surface area contributed by atoms with Gasteiger partial charge >= 0.3 is 57.4 Å². The Morgan fingerprint density at radius 2 is 1.90 bits per heavy atom. The number of esters is 1. The van der Waals surface area contributed by atoms with Gasteiger partial charge in [0.05, 0.1) is 21.4 Å². The second kappa shape index (κ2) is 8.87. The molecular formula is C11H12KNO6S. The van der Waals surface area contributed by atoms with Gasteiger partial charge in [0.25, 0.3) is 5.91 Å². The van der Waals surface area contributed by atoms with Gasteiger partial charge in [-0.3, -0.25) is 9.59 Å². The average molecular weight is 325 g/mol. The van der Waals surface area contributed by atoms with E-state index in [1.807, 2.05) is 0 Å². The molecule has 0 fully saturated rings. The van der Waals surface area contributed by atoms with Crippen LogP contribution in [0.3, 0.4) is 0 Å². The number of amides is 1. The molecule has 104 valence electrons. The normalized spacial score (nSPS) is 10.3. The zero-order chi connectivity index (χ0) is 14.5. The number of carbonyl (C=O) groups excluding carboxylic acids is 2. The second-order valence-corrected chi connectivity index (χ2v) is 5.13. The van der Waals surface area contributed by atoms with Crippen LogP contribution in [0.1, 0.15) is 17.3 Å². The van der Waals surface area contributed by atoms with E-state index in [9.17, 15) is 22.6 Å². The monoisotopic (exact) mass is 325 g/mol. The van der Waals surface area contributed by atoms with Crippen molar-refractivity contribution in [3.63, 3.8) is 0 Å². The molecular weight excluding hydrogens is 313 g/mol. The van der Waals surface area contributed by atoms with E-state index in [1.54, 1.807) is 12.1 Å². The minimum absolute atomic E-state index is 0. The molecule has 7 nitrogen and oxygen atoms in total. The first kappa shape index (κ1) is 19.7. The summed E-state index contributed by atoms with van der Waals surface area (Å²) in [7, 11) is -4.38. The summed E-state index contributed by atoms with van der Waals surface area (Å²) in [6.45, 7) is 0.887. The second-order valence-electron chi connectivity index (χ2n) is 3.61. The summed E-state index contributed by atoms with van der Waals surface area (Å²) >= 11 is 0. The van der Waals surface area contributed by atoms with Crippen molar-refractivity contribution in [3.05, 3.63) is 29.8 Å². The third-order valence-corrected chi connectivity index (χ3v) is 2.73. The third kappa shape index (κ3) is 7.48. The topological polar surface area (TPSA) is 113 Å². The standard InChI is InChI=1S/C11H13NO6S.K/c1-8(13)18-10-5-3-2-4-9(10)11(14)12-6-7-19(15,16)17;/h2-5H,6-7H2,1H3,(H,12,14)(H,15,16,17);/q;+1/p-1. The molecule has 0 saturated carbocycles. The van der Waals surface area contributed by atoms with Gasteiger partial charge in [-0.15, -0.1) is 0 Å². The Labute approximate surface area is 159 Å². The number of benzene rings is 1. The average Bonchev–Trinajstić information content (AvgIpc) is 2.27. The Balaban J connectivity index is 0.00000361. The maximum atomic E-state index is 11.7. The predicted molar refractivity (Wildman–Crippen MR) is 64.6 cm³/mol. The fraction of sp³-hybridized carbons (Fsp3) is 0.273. The Morgan fingerprint density at radius 1 is 1.30 bits per heavy atom. The van der Waals surface area contributed by atoms with Crippen molar-refractivity contribution < 1.29 is 78.7 Å². The molecule has 0 spiro atoms. The largest absolute Gasteiger partial charge is 1.00 e. The molecule has 1 rings (SSSR count). The van der Waals surface area contributed by atoms with Gasteiger partial charge in [0.1, 0.15) is 5.75 Å². The molecule has 1 amide bonds. The SMILES string of the molecule is CC(=O)Oc1ccccc1C(=O)NCCS(=O)(=O)[O-].[K+]. The van der Waals surface area contributed by atoms with Crippen molar-refractivity contribution in [3.8, 4) is 5.75 Å². The Hall–Kier alpha value is -0.294. The number of para-hydroxylation sites is 1. The van der Waals surface area contributed by atoms with E-state index in [0.717, 1.165) is 0 Å². The summed E-state index contributed by atoms with van der Waals surface area (Å²) in [4.78, 5) is 22.6. The number of ether oxygens (including phenoxy) is 1. The maximum Gasteiger partial charge on any atom is 1.00 e. The molecule has 1 aromatic carbocycles. The molecule has 0 saturated heterocycles. The van der Waals surface area contributed by atoms with Crippen LogP contribution in [0, 0.1) is 0 Å². The van der Waals surface area contributed by atoms with E-state index < -0.39 is 27.7 Å². The van der Waals surface area contributed by atoms with Crippen molar-refractivity contribution in [2.75, 3.05) is 12.3 Å². The van der Waals surface area contributed by atoms with Crippen molar-refractivity contribution in [1.29, 1.82) is 0 Å². The number of rotatable bonds is 5. The van der Waals surface area contributed by atoms with E-state index in [4.69, 9.17) is 4.74 Å². The number of hydrogen-bond donors (Lipinski definition) is 1. The Kier molecular flexibility index (Phi) is 8.74. The Bertz CT molecular complexity index is 586. The fourth-order valence-corrected chi connectivity index (χ4v) is 1.63. The van der Waals surface area contributed by atoms with Crippen LogP contribution < -0.4 is 61.4 Å². The first-order valence-electron chi connectivity index (χ1n) is 5.29. The summed E-state index contributed by atoms with van der Waals surface area (Å²) < 4.78 is 36.0. The van der Waals surface area contributed by atoms with Crippen LogP contribution in [0.5, 0.6) is 5.75 Å². The van der Waals surface area contributed by atoms with Gasteiger partial charge in [-0.25, -0.2) is 8.42 Å². The molecule has 9 heteroatoms. The molecule has 0 atom stereocenters. The van der Waals surface area contributed by atoms with Crippen LogP contribution in [0.15, 0.2) is 24.3 Å². The molecule has 0 unspecified atom stereocenters. The molecule has 0 aliphatic carbocycles. The van der Waals surface area contributed by atoms with Crippen LogP contribution >= 0.6 is 0 Å². The Morgan fingerprint density at radius 3 is 2.45 bits per heavy atom. The number of nitrogens with one attached hydrogen (secondary N) is 1. The maximum absolute atomic E-state index is 11.7. The van der Waals surface area contributed by atoms with Gasteiger partial charge < -0.3 is 14.6 Å². The van der Waals surface area contributed by atoms with Crippen LogP contribution in [-0.2, 0) is 14.9 Å². The van der Waals surface area contributed by atoms with Gasteiger partial charge in [0.15, 0.2) is 0 Å².